The van der Waals surface area contributed by atoms with E-state index in [-0.39, 0.29) is 11.5 Å². The molecule has 3 rings (SSSR count). The highest BCUT2D eigenvalue weighted by Crippen LogP contribution is 2.32. The van der Waals surface area contributed by atoms with Crippen molar-refractivity contribution >= 4 is 16.6 Å². The average Bonchev–Trinajstić information content (AvgIpc) is 2.42. The highest BCUT2D eigenvalue weighted by Gasteiger charge is 2.07. The highest BCUT2D eigenvalue weighted by atomic mass is 19.1. The maximum absolute atomic E-state index is 13.0. The molecule has 94 valence electrons. The maximum atomic E-state index is 13.0. The van der Waals surface area contributed by atoms with E-state index in [0.29, 0.717) is 11.5 Å². The van der Waals surface area contributed by atoms with Gasteiger partial charge in [0.05, 0.1) is 11.2 Å². The van der Waals surface area contributed by atoms with Crippen LogP contribution in [-0.2, 0) is 0 Å². The number of rotatable bonds is 2. The monoisotopic (exact) mass is 254 g/mol. The Morgan fingerprint density at radius 3 is 2.74 bits per heavy atom. The van der Waals surface area contributed by atoms with Gasteiger partial charge in [0, 0.05) is 17.6 Å². The number of fused-ring (bicyclic) bond motifs is 1. The SMILES string of the molecule is Nc1cc(F)ccc1Oc1cccc2ncccc12. The van der Waals surface area contributed by atoms with Crippen LogP contribution in [0.4, 0.5) is 10.1 Å². The van der Waals surface area contributed by atoms with Gasteiger partial charge in [-0.1, -0.05) is 6.07 Å². The largest absolute Gasteiger partial charge is 0.454 e. The van der Waals surface area contributed by atoms with Gasteiger partial charge in [-0.2, -0.15) is 0 Å². The molecule has 19 heavy (non-hydrogen) atoms. The second kappa shape index (κ2) is 4.57. The summed E-state index contributed by atoms with van der Waals surface area (Å²) in [6.07, 6.45) is 1.72. The van der Waals surface area contributed by atoms with Crippen LogP contribution in [0.5, 0.6) is 11.5 Å². The van der Waals surface area contributed by atoms with E-state index in [9.17, 15) is 4.39 Å². The molecule has 2 N–H and O–H groups in total. The van der Waals surface area contributed by atoms with Crippen LogP contribution in [0.1, 0.15) is 0 Å². The molecule has 0 atom stereocenters. The first-order chi connectivity index (χ1) is 9.24. The van der Waals surface area contributed by atoms with Crippen LogP contribution in [0, 0.1) is 5.82 Å². The Morgan fingerprint density at radius 2 is 1.89 bits per heavy atom. The molecule has 0 saturated heterocycles. The van der Waals surface area contributed by atoms with Gasteiger partial charge < -0.3 is 10.5 Å². The van der Waals surface area contributed by atoms with E-state index >= 15 is 0 Å². The molecule has 0 saturated carbocycles. The lowest BCUT2D eigenvalue weighted by molar-refractivity contribution is 0.488. The van der Waals surface area contributed by atoms with Crippen LogP contribution >= 0.6 is 0 Å². The lowest BCUT2D eigenvalue weighted by Crippen LogP contribution is -1.93. The van der Waals surface area contributed by atoms with E-state index in [1.165, 1.54) is 18.2 Å². The van der Waals surface area contributed by atoms with Crippen molar-refractivity contribution in [2.45, 2.75) is 0 Å². The van der Waals surface area contributed by atoms with Crippen LogP contribution in [0.2, 0.25) is 0 Å². The Balaban J connectivity index is 2.06. The van der Waals surface area contributed by atoms with Crippen molar-refractivity contribution in [3.05, 3.63) is 60.5 Å². The predicted molar refractivity (Wildman–Crippen MR) is 72.6 cm³/mol. The number of pyridine rings is 1. The second-order valence-corrected chi connectivity index (χ2v) is 4.11. The molecule has 0 unspecified atom stereocenters. The van der Waals surface area contributed by atoms with Crippen LogP contribution in [0.15, 0.2) is 54.7 Å². The van der Waals surface area contributed by atoms with Crippen molar-refractivity contribution in [2.24, 2.45) is 0 Å². The Morgan fingerprint density at radius 1 is 1.00 bits per heavy atom. The quantitative estimate of drug-likeness (QED) is 0.708. The number of aromatic nitrogens is 1. The standard InChI is InChI=1S/C15H11FN2O/c16-10-6-7-15(12(17)9-10)19-14-5-1-4-13-11(14)3-2-8-18-13/h1-9H,17H2. The number of nitrogens with two attached hydrogens (primary N) is 1. The third-order valence-corrected chi connectivity index (χ3v) is 2.80. The Hall–Kier alpha value is -2.62. The van der Waals surface area contributed by atoms with Crippen LogP contribution in [-0.4, -0.2) is 4.98 Å². The van der Waals surface area contributed by atoms with Gasteiger partial charge in [0.15, 0.2) is 5.75 Å². The van der Waals surface area contributed by atoms with Crippen LogP contribution in [0.25, 0.3) is 10.9 Å². The van der Waals surface area contributed by atoms with Crippen molar-refractivity contribution in [3.8, 4) is 11.5 Å². The molecule has 0 amide bonds. The number of ether oxygens (including phenoxy) is 1. The van der Waals surface area contributed by atoms with Crippen LogP contribution < -0.4 is 10.5 Å². The fourth-order valence-corrected chi connectivity index (χ4v) is 1.89. The van der Waals surface area contributed by atoms with E-state index in [1.54, 1.807) is 6.20 Å². The first-order valence-electron chi connectivity index (χ1n) is 5.81. The van der Waals surface area contributed by atoms with Crippen molar-refractivity contribution in [1.29, 1.82) is 0 Å². The molecule has 0 aliphatic heterocycles. The third kappa shape index (κ3) is 2.20. The van der Waals surface area contributed by atoms with Gasteiger partial charge in [-0.15, -0.1) is 0 Å². The molecule has 0 spiro atoms. The summed E-state index contributed by atoms with van der Waals surface area (Å²) < 4.78 is 18.7. The average molecular weight is 254 g/mol. The first kappa shape index (κ1) is 11.5. The van der Waals surface area contributed by atoms with Crippen molar-refractivity contribution in [3.63, 3.8) is 0 Å². The van der Waals surface area contributed by atoms with Gasteiger partial charge in [0.2, 0.25) is 0 Å². The number of benzene rings is 2. The van der Waals surface area contributed by atoms with Crippen molar-refractivity contribution in [1.82, 2.24) is 4.98 Å². The lowest BCUT2D eigenvalue weighted by Gasteiger charge is -2.10. The topological polar surface area (TPSA) is 48.1 Å². The summed E-state index contributed by atoms with van der Waals surface area (Å²) in [6, 6.07) is 13.4. The zero-order valence-electron chi connectivity index (χ0n) is 10.0. The molecular weight excluding hydrogens is 243 g/mol. The number of anilines is 1. The molecule has 0 aliphatic rings. The number of nitrogens with zero attached hydrogens (tertiary/aromatic N) is 1. The van der Waals surface area contributed by atoms with Gasteiger partial charge >= 0.3 is 0 Å². The Bertz CT molecular complexity index is 738. The van der Waals surface area contributed by atoms with Gasteiger partial charge in [0.1, 0.15) is 11.6 Å². The summed E-state index contributed by atoms with van der Waals surface area (Å²) in [6.45, 7) is 0. The Kier molecular flexibility index (Phi) is 2.76. The summed E-state index contributed by atoms with van der Waals surface area (Å²) in [5, 5.41) is 0.883. The number of halogens is 1. The van der Waals surface area contributed by atoms with E-state index in [2.05, 4.69) is 4.98 Å². The minimum atomic E-state index is -0.385. The van der Waals surface area contributed by atoms with E-state index in [0.717, 1.165) is 10.9 Å². The summed E-state index contributed by atoms with van der Waals surface area (Å²) in [4.78, 5) is 4.25. The molecule has 0 aliphatic carbocycles. The predicted octanol–water partition coefficient (Wildman–Crippen LogP) is 3.75. The second-order valence-electron chi connectivity index (χ2n) is 4.11. The molecule has 2 aromatic carbocycles. The van der Waals surface area contributed by atoms with E-state index in [1.807, 2.05) is 30.3 Å². The van der Waals surface area contributed by atoms with Crippen molar-refractivity contribution < 1.29 is 9.13 Å². The number of hydrogen-bond acceptors (Lipinski definition) is 3. The first-order valence-corrected chi connectivity index (χ1v) is 5.81. The minimum Gasteiger partial charge on any atom is -0.454 e. The molecule has 3 nitrogen and oxygen atoms in total. The summed E-state index contributed by atoms with van der Waals surface area (Å²) in [7, 11) is 0. The maximum Gasteiger partial charge on any atom is 0.150 e. The lowest BCUT2D eigenvalue weighted by atomic mass is 10.2. The van der Waals surface area contributed by atoms with E-state index < -0.39 is 0 Å². The Labute approximate surface area is 109 Å². The summed E-state index contributed by atoms with van der Waals surface area (Å²) in [5.41, 5.74) is 6.83. The third-order valence-electron chi connectivity index (χ3n) is 2.80. The molecule has 4 heteroatoms. The molecule has 0 bridgehead atoms. The zero-order chi connectivity index (χ0) is 13.2. The minimum absolute atomic E-state index is 0.265. The number of nitrogen functional groups attached to an aromatic ring is 1. The van der Waals surface area contributed by atoms with Gasteiger partial charge in [-0.3, -0.25) is 4.98 Å². The summed E-state index contributed by atoms with van der Waals surface area (Å²) in [5.74, 6) is 0.686. The van der Waals surface area contributed by atoms with Crippen molar-refractivity contribution in [2.75, 3.05) is 5.73 Å². The van der Waals surface area contributed by atoms with Gasteiger partial charge in [-0.25, -0.2) is 4.39 Å². The van der Waals surface area contributed by atoms with Gasteiger partial charge in [-0.05, 0) is 36.4 Å². The summed E-state index contributed by atoms with van der Waals surface area (Å²) >= 11 is 0. The number of hydrogen-bond donors (Lipinski definition) is 1. The molecular formula is C15H11FN2O. The zero-order valence-corrected chi connectivity index (χ0v) is 10.0. The van der Waals surface area contributed by atoms with E-state index in [4.69, 9.17) is 10.5 Å². The molecule has 1 heterocycles. The molecule has 0 fully saturated rings. The van der Waals surface area contributed by atoms with Crippen LogP contribution in [0.3, 0.4) is 0 Å². The normalized spacial score (nSPS) is 10.6. The fourth-order valence-electron chi connectivity index (χ4n) is 1.89. The molecule has 0 radical (unpaired) electrons. The highest BCUT2D eigenvalue weighted by molar-refractivity contribution is 5.85. The molecule has 1 aromatic heterocycles. The molecule has 3 aromatic rings. The smallest absolute Gasteiger partial charge is 0.150 e. The fraction of sp³-hybridized carbons (Fsp3) is 0. The van der Waals surface area contributed by atoms with Gasteiger partial charge in [0.25, 0.3) is 0 Å².